The quantitative estimate of drug-likeness (QED) is 0.760. The fourth-order valence-electron chi connectivity index (χ4n) is 2.39. The lowest BCUT2D eigenvalue weighted by Crippen LogP contribution is -2.25. The number of benzene rings is 1. The standard InChI is InChI=1S/C17H22ClN3O2S/c1-3-11-21(12-4-2)17-10-9-14(13-19-17)20-24(22,23)16-8-6-5-7-15(16)18/h5-10,13,20H,3-4,11-12H2,1-2H3. The summed E-state index contributed by atoms with van der Waals surface area (Å²) in [4.78, 5) is 6.62. The van der Waals surface area contributed by atoms with Gasteiger partial charge >= 0.3 is 0 Å². The first-order valence-corrected chi connectivity index (χ1v) is 9.82. The topological polar surface area (TPSA) is 62.3 Å². The summed E-state index contributed by atoms with van der Waals surface area (Å²) in [6.45, 7) is 6.08. The van der Waals surface area contributed by atoms with Crippen LogP contribution in [0.25, 0.3) is 0 Å². The molecule has 2 aromatic rings. The van der Waals surface area contributed by atoms with Crippen LogP contribution >= 0.6 is 11.6 Å². The number of sulfonamides is 1. The van der Waals surface area contributed by atoms with Crippen molar-refractivity contribution >= 4 is 33.1 Å². The van der Waals surface area contributed by atoms with Crippen molar-refractivity contribution in [3.63, 3.8) is 0 Å². The van der Waals surface area contributed by atoms with Crippen molar-refractivity contribution in [3.05, 3.63) is 47.6 Å². The summed E-state index contributed by atoms with van der Waals surface area (Å²) in [5.74, 6) is 0.847. The molecule has 0 aliphatic rings. The summed E-state index contributed by atoms with van der Waals surface area (Å²) in [6.07, 6.45) is 3.59. The van der Waals surface area contributed by atoms with Crippen LogP contribution in [0.2, 0.25) is 5.02 Å². The number of halogens is 1. The first kappa shape index (κ1) is 18.5. The number of rotatable bonds is 8. The second kappa shape index (κ2) is 8.35. The summed E-state index contributed by atoms with van der Waals surface area (Å²) in [6, 6.07) is 9.88. The van der Waals surface area contributed by atoms with E-state index in [1.54, 1.807) is 24.3 Å². The molecule has 0 aliphatic carbocycles. The predicted octanol–water partition coefficient (Wildman–Crippen LogP) is 4.16. The van der Waals surface area contributed by atoms with Gasteiger partial charge in [-0.3, -0.25) is 4.72 Å². The van der Waals surface area contributed by atoms with Gasteiger partial charge in [0.15, 0.2) is 0 Å². The molecule has 0 spiro atoms. The number of anilines is 2. The lowest BCUT2D eigenvalue weighted by atomic mass is 10.3. The van der Waals surface area contributed by atoms with Crippen LogP contribution in [0, 0.1) is 0 Å². The normalized spacial score (nSPS) is 11.3. The zero-order valence-electron chi connectivity index (χ0n) is 13.9. The maximum Gasteiger partial charge on any atom is 0.263 e. The summed E-state index contributed by atoms with van der Waals surface area (Å²) >= 11 is 5.97. The summed E-state index contributed by atoms with van der Waals surface area (Å²) < 4.78 is 27.3. The van der Waals surface area contributed by atoms with Gasteiger partial charge in [-0.05, 0) is 37.1 Å². The fraction of sp³-hybridized carbons (Fsp3) is 0.353. The molecule has 130 valence electrons. The number of pyridine rings is 1. The van der Waals surface area contributed by atoms with Gasteiger partial charge in [0.2, 0.25) is 0 Å². The van der Waals surface area contributed by atoms with Gasteiger partial charge in [-0.1, -0.05) is 37.6 Å². The zero-order chi connectivity index (χ0) is 17.6. The molecule has 0 bridgehead atoms. The monoisotopic (exact) mass is 367 g/mol. The zero-order valence-corrected chi connectivity index (χ0v) is 15.4. The molecule has 1 aromatic heterocycles. The van der Waals surface area contributed by atoms with E-state index < -0.39 is 10.0 Å². The highest BCUT2D eigenvalue weighted by atomic mass is 35.5. The molecule has 0 radical (unpaired) electrons. The number of nitrogens with zero attached hydrogens (tertiary/aromatic N) is 2. The van der Waals surface area contributed by atoms with Gasteiger partial charge in [0.1, 0.15) is 10.7 Å². The van der Waals surface area contributed by atoms with Crippen molar-refractivity contribution in [2.45, 2.75) is 31.6 Å². The summed E-state index contributed by atoms with van der Waals surface area (Å²) in [5, 5.41) is 0.187. The number of hydrogen-bond donors (Lipinski definition) is 1. The molecule has 24 heavy (non-hydrogen) atoms. The van der Waals surface area contributed by atoms with Crippen molar-refractivity contribution in [2.24, 2.45) is 0 Å². The molecule has 5 nitrogen and oxygen atoms in total. The van der Waals surface area contributed by atoms with Gasteiger partial charge in [0, 0.05) is 13.1 Å². The van der Waals surface area contributed by atoms with Crippen molar-refractivity contribution < 1.29 is 8.42 Å². The second-order valence-electron chi connectivity index (χ2n) is 5.43. The van der Waals surface area contributed by atoms with Crippen LogP contribution in [0.5, 0.6) is 0 Å². The Morgan fingerprint density at radius 2 is 1.75 bits per heavy atom. The highest BCUT2D eigenvalue weighted by Gasteiger charge is 2.17. The van der Waals surface area contributed by atoms with E-state index in [1.807, 2.05) is 6.07 Å². The van der Waals surface area contributed by atoms with Gasteiger partial charge in [-0.2, -0.15) is 0 Å². The Labute approximate surface area is 148 Å². The Morgan fingerprint density at radius 3 is 2.29 bits per heavy atom. The average Bonchev–Trinajstić information content (AvgIpc) is 2.55. The SMILES string of the molecule is CCCN(CCC)c1ccc(NS(=O)(=O)c2ccccc2Cl)cn1. The van der Waals surface area contributed by atoms with Crippen LogP contribution in [-0.4, -0.2) is 26.5 Å². The molecule has 0 aliphatic heterocycles. The van der Waals surface area contributed by atoms with E-state index in [9.17, 15) is 8.42 Å². The van der Waals surface area contributed by atoms with Gasteiger partial charge < -0.3 is 4.90 Å². The Kier molecular flexibility index (Phi) is 6.45. The van der Waals surface area contributed by atoms with Gasteiger partial charge in [0.05, 0.1) is 16.9 Å². The fourth-order valence-corrected chi connectivity index (χ4v) is 3.95. The van der Waals surface area contributed by atoms with E-state index in [1.165, 1.54) is 12.3 Å². The van der Waals surface area contributed by atoms with Gasteiger partial charge in [-0.15, -0.1) is 0 Å². The Bertz CT molecular complexity index is 758. The highest BCUT2D eigenvalue weighted by molar-refractivity contribution is 7.92. The molecule has 0 fully saturated rings. The van der Waals surface area contributed by atoms with Crippen molar-refractivity contribution in [2.75, 3.05) is 22.7 Å². The molecule has 0 atom stereocenters. The lowest BCUT2D eigenvalue weighted by molar-refractivity contribution is 0.601. The van der Waals surface area contributed by atoms with E-state index in [2.05, 4.69) is 28.5 Å². The molecule has 0 amide bonds. The Balaban J connectivity index is 2.18. The van der Waals surface area contributed by atoms with E-state index in [0.717, 1.165) is 31.7 Å². The van der Waals surface area contributed by atoms with Crippen LogP contribution in [0.1, 0.15) is 26.7 Å². The first-order valence-electron chi connectivity index (χ1n) is 7.96. The van der Waals surface area contributed by atoms with Crippen LogP contribution in [0.4, 0.5) is 11.5 Å². The minimum Gasteiger partial charge on any atom is -0.357 e. The molecule has 2 rings (SSSR count). The minimum atomic E-state index is -3.73. The van der Waals surface area contributed by atoms with Crippen molar-refractivity contribution in [1.82, 2.24) is 4.98 Å². The van der Waals surface area contributed by atoms with Crippen molar-refractivity contribution in [3.8, 4) is 0 Å². The molecule has 1 heterocycles. The van der Waals surface area contributed by atoms with Gasteiger partial charge in [-0.25, -0.2) is 13.4 Å². The van der Waals surface area contributed by atoms with E-state index in [-0.39, 0.29) is 9.92 Å². The van der Waals surface area contributed by atoms with Crippen LogP contribution < -0.4 is 9.62 Å². The van der Waals surface area contributed by atoms with Crippen molar-refractivity contribution in [1.29, 1.82) is 0 Å². The minimum absolute atomic E-state index is 0.0503. The molecule has 1 aromatic carbocycles. The number of nitrogens with one attached hydrogen (secondary N) is 1. The summed E-state index contributed by atoms with van der Waals surface area (Å²) in [5.41, 5.74) is 0.409. The number of hydrogen-bond acceptors (Lipinski definition) is 4. The largest absolute Gasteiger partial charge is 0.357 e. The maximum atomic E-state index is 12.4. The molecule has 0 saturated carbocycles. The van der Waals surface area contributed by atoms with Crippen LogP contribution in [0.15, 0.2) is 47.5 Å². The third-order valence-corrected chi connectivity index (χ3v) is 5.32. The first-order chi connectivity index (χ1) is 11.5. The molecular weight excluding hydrogens is 346 g/mol. The second-order valence-corrected chi connectivity index (χ2v) is 7.49. The molecule has 7 heteroatoms. The van der Waals surface area contributed by atoms with Gasteiger partial charge in [0.25, 0.3) is 10.0 Å². The van der Waals surface area contributed by atoms with Crippen LogP contribution in [-0.2, 0) is 10.0 Å². The Morgan fingerprint density at radius 1 is 1.08 bits per heavy atom. The lowest BCUT2D eigenvalue weighted by Gasteiger charge is -2.22. The predicted molar refractivity (Wildman–Crippen MR) is 99.3 cm³/mol. The van der Waals surface area contributed by atoms with E-state index in [0.29, 0.717) is 5.69 Å². The van der Waals surface area contributed by atoms with E-state index >= 15 is 0 Å². The van der Waals surface area contributed by atoms with E-state index in [4.69, 9.17) is 11.6 Å². The molecule has 0 unspecified atom stereocenters. The average molecular weight is 368 g/mol. The molecular formula is C17H22ClN3O2S. The molecule has 0 saturated heterocycles. The third kappa shape index (κ3) is 4.61. The third-order valence-electron chi connectivity index (χ3n) is 3.44. The highest BCUT2D eigenvalue weighted by Crippen LogP contribution is 2.23. The summed E-state index contributed by atoms with van der Waals surface area (Å²) in [7, 11) is -3.73. The smallest absolute Gasteiger partial charge is 0.263 e. The van der Waals surface area contributed by atoms with Crippen LogP contribution in [0.3, 0.4) is 0 Å². The Hall–Kier alpha value is -1.79. The molecule has 1 N–H and O–H groups in total. The number of aromatic nitrogens is 1. The maximum absolute atomic E-state index is 12.4.